The van der Waals surface area contributed by atoms with Crippen LogP contribution < -0.4 is 0 Å². The number of carbonyl (C=O) groups excluding carboxylic acids is 1. The molecule has 0 bridgehead atoms. The van der Waals surface area contributed by atoms with Crippen LogP contribution in [0.25, 0.3) is 0 Å². The molecule has 6 nitrogen and oxygen atoms in total. The Morgan fingerprint density at radius 2 is 2.14 bits per heavy atom. The summed E-state index contributed by atoms with van der Waals surface area (Å²) in [5, 5.41) is 0. The van der Waals surface area contributed by atoms with E-state index in [1.807, 2.05) is 4.90 Å². The van der Waals surface area contributed by atoms with E-state index < -0.39 is 0 Å². The Kier molecular flexibility index (Phi) is 3.91. The molecule has 6 heteroatoms. The molecule has 2 aliphatic rings. The van der Waals surface area contributed by atoms with Gasteiger partial charge in [-0.05, 0) is 33.4 Å². The zero-order valence-corrected chi connectivity index (χ0v) is 12.7. The second-order valence-electron chi connectivity index (χ2n) is 6.20. The first-order valence-electron chi connectivity index (χ1n) is 7.45. The van der Waals surface area contributed by atoms with E-state index in [1.165, 1.54) is 6.20 Å². The van der Waals surface area contributed by atoms with Crippen molar-refractivity contribution in [3.8, 4) is 0 Å². The highest BCUT2D eigenvalue weighted by atomic mass is 16.5. The first-order valence-corrected chi connectivity index (χ1v) is 7.45. The molecular weight excluding hydrogens is 268 g/mol. The number of nitrogens with zero attached hydrogens (tertiary/aromatic N) is 4. The van der Waals surface area contributed by atoms with Crippen LogP contribution in [0.3, 0.4) is 0 Å². The van der Waals surface area contributed by atoms with Crippen LogP contribution >= 0.6 is 0 Å². The molecule has 0 aromatic carbocycles. The minimum Gasteiger partial charge on any atom is -0.373 e. The lowest BCUT2D eigenvalue weighted by Crippen LogP contribution is -2.47. The summed E-state index contributed by atoms with van der Waals surface area (Å²) in [5.74, 6) is -0.0277. The average Bonchev–Trinajstić information content (AvgIpc) is 2.92. The SMILES string of the molecule is CN(C)C1COC2(CCN(C(=O)c3cnccn3)CC2)C1. The Balaban J connectivity index is 1.60. The van der Waals surface area contributed by atoms with Gasteiger partial charge in [0.1, 0.15) is 5.69 Å². The molecule has 21 heavy (non-hydrogen) atoms. The highest BCUT2D eigenvalue weighted by Gasteiger charge is 2.44. The minimum atomic E-state index is -0.0336. The van der Waals surface area contributed by atoms with Crippen molar-refractivity contribution >= 4 is 5.91 Å². The fraction of sp³-hybridized carbons (Fsp3) is 0.667. The second-order valence-corrected chi connectivity index (χ2v) is 6.20. The molecule has 1 spiro atoms. The van der Waals surface area contributed by atoms with Gasteiger partial charge in [-0.2, -0.15) is 0 Å². The summed E-state index contributed by atoms with van der Waals surface area (Å²) < 4.78 is 6.08. The lowest BCUT2D eigenvalue weighted by Gasteiger charge is -2.38. The van der Waals surface area contributed by atoms with E-state index in [4.69, 9.17) is 4.74 Å². The van der Waals surface area contributed by atoms with Gasteiger partial charge in [-0.15, -0.1) is 0 Å². The van der Waals surface area contributed by atoms with Crippen LogP contribution in [-0.4, -0.2) is 71.1 Å². The second kappa shape index (κ2) is 5.69. The maximum absolute atomic E-state index is 12.3. The van der Waals surface area contributed by atoms with Crippen molar-refractivity contribution < 1.29 is 9.53 Å². The van der Waals surface area contributed by atoms with E-state index in [0.717, 1.165) is 39.0 Å². The van der Waals surface area contributed by atoms with Crippen molar-refractivity contribution in [3.63, 3.8) is 0 Å². The largest absolute Gasteiger partial charge is 0.373 e. The third kappa shape index (κ3) is 2.91. The third-order valence-electron chi connectivity index (χ3n) is 4.66. The number of likely N-dealkylation sites (N-methyl/N-ethyl adjacent to an activating group) is 1. The number of hydrogen-bond donors (Lipinski definition) is 0. The molecule has 3 heterocycles. The van der Waals surface area contributed by atoms with Crippen LogP contribution in [0.2, 0.25) is 0 Å². The lowest BCUT2D eigenvalue weighted by atomic mass is 9.87. The van der Waals surface area contributed by atoms with Crippen LogP contribution in [0, 0.1) is 0 Å². The lowest BCUT2D eigenvalue weighted by molar-refractivity contribution is -0.0393. The quantitative estimate of drug-likeness (QED) is 0.806. The summed E-state index contributed by atoms with van der Waals surface area (Å²) in [7, 11) is 4.19. The van der Waals surface area contributed by atoms with E-state index in [9.17, 15) is 4.79 Å². The maximum Gasteiger partial charge on any atom is 0.274 e. The molecular formula is C15H22N4O2. The number of likely N-dealkylation sites (tertiary alicyclic amines) is 1. The molecule has 1 unspecified atom stereocenters. The van der Waals surface area contributed by atoms with Crippen molar-refractivity contribution in [1.29, 1.82) is 0 Å². The molecule has 0 radical (unpaired) electrons. The Bertz CT molecular complexity index is 498. The van der Waals surface area contributed by atoms with Crippen LogP contribution in [-0.2, 0) is 4.74 Å². The molecule has 2 fully saturated rings. The molecule has 2 saturated heterocycles. The summed E-state index contributed by atoms with van der Waals surface area (Å²) in [5.41, 5.74) is 0.389. The Morgan fingerprint density at radius 3 is 2.71 bits per heavy atom. The predicted molar refractivity (Wildman–Crippen MR) is 77.9 cm³/mol. The summed E-state index contributed by atoms with van der Waals surface area (Å²) in [4.78, 5) is 24.5. The average molecular weight is 290 g/mol. The Morgan fingerprint density at radius 1 is 1.38 bits per heavy atom. The number of piperidine rings is 1. The summed E-state index contributed by atoms with van der Waals surface area (Å²) in [6.45, 7) is 2.26. The van der Waals surface area contributed by atoms with Gasteiger partial charge >= 0.3 is 0 Å². The van der Waals surface area contributed by atoms with E-state index >= 15 is 0 Å². The number of ether oxygens (including phenoxy) is 1. The number of carbonyl (C=O) groups is 1. The van der Waals surface area contributed by atoms with Gasteiger partial charge in [0.15, 0.2) is 0 Å². The van der Waals surface area contributed by atoms with Crippen molar-refractivity contribution in [1.82, 2.24) is 19.8 Å². The standard InChI is InChI=1S/C15H22N4O2/c1-18(2)12-9-15(21-11-12)3-7-19(8-4-15)14(20)13-10-16-5-6-17-13/h5-6,10,12H,3-4,7-9,11H2,1-2H3. The minimum absolute atomic E-state index is 0.0277. The van der Waals surface area contributed by atoms with Crippen molar-refractivity contribution in [2.75, 3.05) is 33.8 Å². The number of aromatic nitrogens is 2. The molecule has 3 rings (SSSR count). The highest BCUT2D eigenvalue weighted by molar-refractivity contribution is 5.92. The molecule has 1 atom stereocenters. The van der Waals surface area contributed by atoms with E-state index in [0.29, 0.717) is 11.7 Å². The first kappa shape index (κ1) is 14.4. The van der Waals surface area contributed by atoms with E-state index in [2.05, 4.69) is 29.0 Å². The van der Waals surface area contributed by atoms with Crippen LogP contribution in [0.15, 0.2) is 18.6 Å². The van der Waals surface area contributed by atoms with Crippen molar-refractivity contribution in [3.05, 3.63) is 24.3 Å². The van der Waals surface area contributed by atoms with E-state index in [1.54, 1.807) is 12.4 Å². The van der Waals surface area contributed by atoms with Crippen LogP contribution in [0.5, 0.6) is 0 Å². The summed E-state index contributed by atoms with van der Waals surface area (Å²) in [6.07, 6.45) is 7.54. The van der Waals surface area contributed by atoms with Gasteiger partial charge in [-0.1, -0.05) is 0 Å². The number of hydrogen-bond acceptors (Lipinski definition) is 5. The summed E-state index contributed by atoms with van der Waals surface area (Å²) in [6, 6.07) is 0.493. The maximum atomic E-state index is 12.3. The molecule has 1 aromatic rings. The summed E-state index contributed by atoms with van der Waals surface area (Å²) >= 11 is 0. The van der Waals surface area contributed by atoms with Gasteiger partial charge < -0.3 is 14.5 Å². The molecule has 114 valence electrons. The van der Waals surface area contributed by atoms with Crippen molar-refractivity contribution in [2.45, 2.75) is 30.9 Å². The number of amides is 1. The topological polar surface area (TPSA) is 58.6 Å². The fourth-order valence-corrected chi connectivity index (χ4v) is 3.19. The highest BCUT2D eigenvalue weighted by Crippen LogP contribution is 2.37. The van der Waals surface area contributed by atoms with Crippen molar-refractivity contribution in [2.24, 2.45) is 0 Å². The zero-order valence-electron chi connectivity index (χ0n) is 12.7. The molecule has 0 aliphatic carbocycles. The van der Waals surface area contributed by atoms with E-state index in [-0.39, 0.29) is 11.5 Å². The van der Waals surface area contributed by atoms with Gasteiger partial charge in [0.2, 0.25) is 0 Å². The molecule has 2 aliphatic heterocycles. The first-order chi connectivity index (χ1) is 10.1. The zero-order chi connectivity index (χ0) is 14.9. The van der Waals surface area contributed by atoms with Crippen LogP contribution in [0.1, 0.15) is 29.8 Å². The molecule has 1 aromatic heterocycles. The normalized spacial score (nSPS) is 24.7. The Hall–Kier alpha value is -1.53. The van der Waals surface area contributed by atoms with Gasteiger partial charge in [0.25, 0.3) is 5.91 Å². The monoisotopic (exact) mass is 290 g/mol. The smallest absolute Gasteiger partial charge is 0.274 e. The third-order valence-corrected chi connectivity index (χ3v) is 4.66. The van der Waals surface area contributed by atoms with Crippen LogP contribution in [0.4, 0.5) is 0 Å². The molecule has 0 N–H and O–H groups in total. The molecule has 0 saturated carbocycles. The van der Waals surface area contributed by atoms with Gasteiger partial charge in [0.05, 0.1) is 18.4 Å². The fourth-order valence-electron chi connectivity index (χ4n) is 3.19. The Labute approximate surface area is 125 Å². The van der Waals surface area contributed by atoms with Gasteiger partial charge in [0, 0.05) is 31.5 Å². The number of rotatable bonds is 2. The van der Waals surface area contributed by atoms with Gasteiger partial charge in [-0.3, -0.25) is 9.78 Å². The van der Waals surface area contributed by atoms with Gasteiger partial charge in [-0.25, -0.2) is 4.98 Å². The predicted octanol–water partition coefficient (Wildman–Crippen LogP) is 0.802. The molecule has 1 amide bonds.